The first-order valence-electron chi connectivity index (χ1n) is 7.55. The Balaban J connectivity index is 1.98. The van der Waals surface area contributed by atoms with Crippen molar-refractivity contribution in [2.45, 2.75) is 32.2 Å². The third-order valence-electron chi connectivity index (χ3n) is 3.90. The second-order valence-electron chi connectivity index (χ2n) is 5.40. The normalized spacial score (nSPS) is 16.0. The summed E-state index contributed by atoms with van der Waals surface area (Å²) in [6.45, 7) is 4.61. The maximum Gasteiger partial charge on any atom is 0.257 e. The van der Waals surface area contributed by atoms with Crippen molar-refractivity contribution < 1.29 is 14.6 Å². The van der Waals surface area contributed by atoms with Crippen molar-refractivity contribution in [2.24, 2.45) is 0 Å². The van der Waals surface area contributed by atoms with E-state index in [1.165, 1.54) is 6.07 Å². The zero-order valence-electron chi connectivity index (χ0n) is 12.8. The zero-order chi connectivity index (χ0) is 15.2. The Morgan fingerprint density at radius 3 is 2.76 bits per heavy atom. The highest BCUT2D eigenvalue weighted by Crippen LogP contribution is 2.25. The molecule has 0 aromatic heterocycles. The highest BCUT2D eigenvalue weighted by atomic mass is 16.5. The molecule has 116 valence electrons. The summed E-state index contributed by atoms with van der Waals surface area (Å²) in [5.41, 5.74) is 0.314. The second-order valence-corrected chi connectivity index (χ2v) is 5.40. The second kappa shape index (κ2) is 7.31. The lowest BCUT2D eigenvalue weighted by atomic mass is 10.0. The minimum Gasteiger partial charge on any atom is -0.507 e. The fourth-order valence-corrected chi connectivity index (χ4v) is 2.62. The summed E-state index contributed by atoms with van der Waals surface area (Å²) in [6, 6.07) is 5.24. The fourth-order valence-electron chi connectivity index (χ4n) is 2.62. The number of likely N-dealkylation sites (tertiary alicyclic amines) is 1. The van der Waals surface area contributed by atoms with E-state index in [0.717, 1.165) is 38.9 Å². The van der Waals surface area contributed by atoms with Crippen LogP contribution in [0.3, 0.4) is 0 Å². The van der Waals surface area contributed by atoms with Gasteiger partial charge in [0.2, 0.25) is 0 Å². The number of aromatic hydroxyl groups is 1. The predicted octanol–water partition coefficient (Wildman–Crippen LogP) is 2.00. The van der Waals surface area contributed by atoms with Gasteiger partial charge in [0.05, 0.1) is 12.7 Å². The van der Waals surface area contributed by atoms with Crippen molar-refractivity contribution in [3.63, 3.8) is 0 Å². The molecule has 1 fully saturated rings. The van der Waals surface area contributed by atoms with Crippen LogP contribution in [0.5, 0.6) is 11.5 Å². The summed E-state index contributed by atoms with van der Waals surface area (Å²) in [5.74, 6) is 0.461. The molecule has 0 unspecified atom stereocenters. The van der Waals surface area contributed by atoms with E-state index in [4.69, 9.17) is 4.74 Å². The number of hydrogen-bond acceptors (Lipinski definition) is 4. The number of methoxy groups -OCH3 is 1. The van der Waals surface area contributed by atoms with Gasteiger partial charge in [0.15, 0.2) is 0 Å². The van der Waals surface area contributed by atoms with Crippen LogP contribution in [-0.2, 0) is 0 Å². The van der Waals surface area contributed by atoms with E-state index in [9.17, 15) is 9.90 Å². The van der Waals surface area contributed by atoms with Crippen LogP contribution in [-0.4, -0.2) is 48.7 Å². The van der Waals surface area contributed by atoms with E-state index in [0.29, 0.717) is 17.4 Å². The molecule has 21 heavy (non-hydrogen) atoms. The van der Waals surface area contributed by atoms with Gasteiger partial charge < -0.3 is 20.1 Å². The Hall–Kier alpha value is -1.75. The highest BCUT2D eigenvalue weighted by Gasteiger charge is 2.25. The predicted molar refractivity (Wildman–Crippen MR) is 81.9 cm³/mol. The van der Waals surface area contributed by atoms with Crippen molar-refractivity contribution in [3.8, 4) is 11.5 Å². The van der Waals surface area contributed by atoms with Crippen LogP contribution in [0, 0.1) is 0 Å². The molecule has 5 nitrogen and oxygen atoms in total. The highest BCUT2D eigenvalue weighted by molar-refractivity contribution is 5.97. The topological polar surface area (TPSA) is 61.8 Å². The lowest BCUT2D eigenvalue weighted by molar-refractivity contribution is 0.0702. The van der Waals surface area contributed by atoms with Crippen molar-refractivity contribution in [2.75, 3.05) is 26.7 Å². The minimum atomic E-state index is -0.125. The first-order chi connectivity index (χ1) is 10.2. The number of hydrogen-bond donors (Lipinski definition) is 2. The van der Waals surface area contributed by atoms with Crippen molar-refractivity contribution in [1.82, 2.24) is 10.2 Å². The van der Waals surface area contributed by atoms with Gasteiger partial charge in [-0.25, -0.2) is 0 Å². The van der Waals surface area contributed by atoms with E-state index >= 15 is 0 Å². The van der Waals surface area contributed by atoms with E-state index in [1.807, 2.05) is 0 Å². The van der Waals surface area contributed by atoms with Gasteiger partial charge >= 0.3 is 0 Å². The molecule has 2 rings (SSSR count). The van der Waals surface area contributed by atoms with Crippen molar-refractivity contribution in [3.05, 3.63) is 23.8 Å². The number of phenols is 1. The molecule has 1 aliphatic heterocycles. The number of benzene rings is 1. The molecule has 1 aliphatic rings. The number of amides is 1. The SMILES string of the molecule is CCCNC1CCN(C(=O)c2cc(OC)ccc2O)CC1. The van der Waals surface area contributed by atoms with Gasteiger partial charge in [0, 0.05) is 19.1 Å². The third-order valence-corrected chi connectivity index (χ3v) is 3.90. The maximum atomic E-state index is 12.5. The summed E-state index contributed by atoms with van der Waals surface area (Å²) in [7, 11) is 1.55. The number of phenolic OH excluding ortho intramolecular Hbond substituents is 1. The van der Waals surface area contributed by atoms with Gasteiger partial charge in [-0.2, -0.15) is 0 Å². The molecule has 2 N–H and O–H groups in total. The molecule has 0 radical (unpaired) electrons. The van der Waals surface area contributed by atoms with E-state index in [2.05, 4.69) is 12.2 Å². The van der Waals surface area contributed by atoms with Gasteiger partial charge in [-0.3, -0.25) is 4.79 Å². The van der Waals surface area contributed by atoms with Crippen LogP contribution < -0.4 is 10.1 Å². The molecule has 0 bridgehead atoms. The molecular formula is C16H24N2O3. The molecule has 0 spiro atoms. The number of carbonyl (C=O) groups is 1. The fraction of sp³-hybridized carbons (Fsp3) is 0.562. The lowest BCUT2D eigenvalue weighted by Gasteiger charge is -2.32. The Morgan fingerprint density at radius 2 is 2.14 bits per heavy atom. The van der Waals surface area contributed by atoms with Crippen molar-refractivity contribution >= 4 is 5.91 Å². The number of ether oxygens (including phenoxy) is 1. The van der Waals surface area contributed by atoms with Crippen LogP contribution >= 0.6 is 0 Å². The molecule has 5 heteroatoms. The van der Waals surface area contributed by atoms with Gasteiger partial charge in [0.25, 0.3) is 5.91 Å². The Labute approximate surface area is 125 Å². The van der Waals surface area contributed by atoms with Crippen molar-refractivity contribution in [1.29, 1.82) is 0 Å². The standard InChI is InChI=1S/C16H24N2O3/c1-3-8-17-12-6-9-18(10-7-12)16(20)14-11-13(21-2)4-5-15(14)19/h4-5,11-12,17,19H,3,6-10H2,1-2H3. The molecule has 0 atom stereocenters. The number of nitrogens with one attached hydrogen (secondary N) is 1. The zero-order valence-corrected chi connectivity index (χ0v) is 12.8. The monoisotopic (exact) mass is 292 g/mol. The molecule has 0 saturated carbocycles. The number of piperidine rings is 1. The average Bonchev–Trinajstić information content (AvgIpc) is 2.53. The van der Waals surface area contributed by atoms with Crippen LogP contribution in [0.25, 0.3) is 0 Å². The van der Waals surface area contributed by atoms with Crippen LogP contribution in [0.4, 0.5) is 0 Å². The summed E-state index contributed by atoms with van der Waals surface area (Å²) >= 11 is 0. The molecule has 1 amide bonds. The Morgan fingerprint density at radius 1 is 1.43 bits per heavy atom. The number of rotatable bonds is 5. The molecular weight excluding hydrogens is 268 g/mol. The smallest absolute Gasteiger partial charge is 0.257 e. The van der Waals surface area contributed by atoms with Gasteiger partial charge in [0.1, 0.15) is 11.5 Å². The largest absolute Gasteiger partial charge is 0.507 e. The minimum absolute atomic E-state index is 0.00651. The Bertz CT molecular complexity index is 482. The van der Waals surface area contributed by atoms with Gasteiger partial charge in [-0.15, -0.1) is 0 Å². The quantitative estimate of drug-likeness (QED) is 0.871. The van der Waals surface area contributed by atoms with Crippen LogP contribution in [0.15, 0.2) is 18.2 Å². The molecule has 1 aromatic rings. The number of carbonyl (C=O) groups excluding carboxylic acids is 1. The summed E-state index contributed by atoms with van der Waals surface area (Å²) in [5, 5.41) is 13.4. The summed E-state index contributed by atoms with van der Waals surface area (Å²) < 4.78 is 5.12. The van der Waals surface area contributed by atoms with Gasteiger partial charge in [-0.1, -0.05) is 6.92 Å². The molecule has 1 saturated heterocycles. The first-order valence-corrected chi connectivity index (χ1v) is 7.55. The summed E-state index contributed by atoms with van der Waals surface area (Å²) in [6.07, 6.45) is 3.03. The molecule has 1 heterocycles. The third kappa shape index (κ3) is 3.88. The molecule has 1 aromatic carbocycles. The lowest BCUT2D eigenvalue weighted by Crippen LogP contribution is -2.45. The first kappa shape index (κ1) is 15.6. The van der Waals surface area contributed by atoms with Gasteiger partial charge in [-0.05, 0) is 44.0 Å². The molecule has 0 aliphatic carbocycles. The van der Waals surface area contributed by atoms with E-state index in [-0.39, 0.29) is 11.7 Å². The maximum absolute atomic E-state index is 12.5. The van der Waals surface area contributed by atoms with E-state index in [1.54, 1.807) is 24.1 Å². The van der Waals surface area contributed by atoms with E-state index < -0.39 is 0 Å². The average molecular weight is 292 g/mol. The Kier molecular flexibility index (Phi) is 5.44. The van der Waals surface area contributed by atoms with Crippen LogP contribution in [0.1, 0.15) is 36.5 Å². The number of nitrogens with zero attached hydrogens (tertiary/aromatic N) is 1. The van der Waals surface area contributed by atoms with Crippen LogP contribution in [0.2, 0.25) is 0 Å². The summed E-state index contributed by atoms with van der Waals surface area (Å²) in [4.78, 5) is 14.3.